The Bertz CT molecular complexity index is 966. The van der Waals surface area contributed by atoms with Gasteiger partial charge in [0.15, 0.2) is 12.4 Å². The summed E-state index contributed by atoms with van der Waals surface area (Å²) in [6, 6.07) is 7.19. The molecule has 5 rings (SSSR count). The third kappa shape index (κ3) is 4.52. The summed E-state index contributed by atoms with van der Waals surface area (Å²) in [5.74, 6) is 3.15. The quantitative estimate of drug-likeness (QED) is 0.359. The lowest BCUT2D eigenvalue weighted by molar-refractivity contribution is -0.163. The number of fused-ring (bicyclic) bond motifs is 5. The summed E-state index contributed by atoms with van der Waals surface area (Å²) in [4.78, 5) is 24.6. The van der Waals surface area contributed by atoms with Crippen molar-refractivity contribution < 1.29 is 19.1 Å². The Kier molecular flexibility index (Phi) is 7.73. The molecule has 6 atom stereocenters. The molecule has 5 heteroatoms. The van der Waals surface area contributed by atoms with Crippen LogP contribution in [0.1, 0.15) is 64.7 Å². The first-order valence-electron chi connectivity index (χ1n) is 12.7. The van der Waals surface area contributed by atoms with E-state index in [4.69, 9.17) is 21.1 Å². The first-order valence-corrected chi connectivity index (χ1v) is 13.0. The van der Waals surface area contributed by atoms with Gasteiger partial charge in [0, 0.05) is 11.8 Å². The van der Waals surface area contributed by atoms with Crippen molar-refractivity contribution >= 4 is 23.4 Å². The topological polar surface area (TPSA) is 52.6 Å². The normalized spacial score (nSPS) is 33.8. The Labute approximate surface area is 208 Å². The number of benzene rings is 1. The van der Waals surface area contributed by atoms with Crippen LogP contribution >= 0.6 is 11.6 Å². The number of hydrogen-bond acceptors (Lipinski definition) is 4. The highest BCUT2D eigenvalue weighted by Gasteiger charge is 2.58. The van der Waals surface area contributed by atoms with Gasteiger partial charge in [-0.05, 0) is 93.2 Å². The van der Waals surface area contributed by atoms with Crippen LogP contribution < -0.4 is 4.74 Å². The highest BCUT2D eigenvalue weighted by atomic mass is 35.5. The van der Waals surface area contributed by atoms with Gasteiger partial charge in [-0.1, -0.05) is 36.2 Å². The molecular weight excluding hydrogens is 448 g/mol. The molecule has 182 valence electrons. The zero-order chi connectivity index (χ0) is 24.3. The standard InChI is InChI=1S/C27H33ClO4.C2H2/c1-2-27-14-13-20-19-10-8-18(29)15-17(19)7-9-21(20)22(27)11-12-25(27)32-26(30)16-31-24-6-4-3-5-23(24)28;1-2/h3-6,15,19-22,25H,2,7-14,16H2,1H3;1-2H. The van der Waals surface area contributed by atoms with Crippen molar-refractivity contribution in [3.05, 3.63) is 40.9 Å². The molecule has 3 fully saturated rings. The van der Waals surface area contributed by atoms with Gasteiger partial charge in [0.2, 0.25) is 0 Å². The zero-order valence-corrected chi connectivity index (χ0v) is 20.8. The second kappa shape index (κ2) is 10.6. The number of rotatable bonds is 5. The fourth-order valence-electron chi connectivity index (χ4n) is 7.68. The fourth-order valence-corrected chi connectivity index (χ4v) is 7.87. The van der Waals surface area contributed by atoms with E-state index in [0.29, 0.717) is 46.6 Å². The van der Waals surface area contributed by atoms with Crippen LogP contribution in [0.15, 0.2) is 35.9 Å². The number of terminal acetylenes is 1. The highest BCUT2D eigenvalue weighted by Crippen LogP contribution is 2.63. The number of ketones is 1. The first-order chi connectivity index (χ1) is 16.5. The van der Waals surface area contributed by atoms with E-state index in [2.05, 4.69) is 19.8 Å². The van der Waals surface area contributed by atoms with Crippen LogP contribution in [-0.4, -0.2) is 24.5 Å². The molecule has 0 amide bonds. The molecule has 0 heterocycles. The molecule has 0 aromatic heterocycles. The molecule has 0 N–H and O–H groups in total. The number of halogens is 1. The molecule has 4 aliphatic carbocycles. The summed E-state index contributed by atoms with van der Waals surface area (Å²) >= 11 is 6.14. The summed E-state index contributed by atoms with van der Waals surface area (Å²) in [5.41, 5.74) is 1.51. The third-order valence-corrected chi connectivity index (χ3v) is 9.36. The lowest BCUT2D eigenvalue weighted by Crippen LogP contribution is -2.49. The van der Waals surface area contributed by atoms with Gasteiger partial charge < -0.3 is 9.47 Å². The molecule has 0 saturated heterocycles. The van der Waals surface area contributed by atoms with Crippen LogP contribution in [0.5, 0.6) is 5.75 Å². The number of ether oxygens (including phenoxy) is 2. The molecule has 3 saturated carbocycles. The smallest absolute Gasteiger partial charge is 0.344 e. The van der Waals surface area contributed by atoms with Gasteiger partial charge in [-0.2, -0.15) is 0 Å². The lowest BCUT2D eigenvalue weighted by atomic mass is 9.51. The average Bonchev–Trinajstić information content (AvgIpc) is 3.23. The Morgan fingerprint density at radius 2 is 1.88 bits per heavy atom. The molecule has 4 nitrogen and oxygen atoms in total. The Morgan fingerprint density at radius 1 is 1.09 bits per heavy atom. The number of carbonyl (C=O) groups excluding carboxylic acids is 2. The average molecular weight is 483 g/mol. The van der Waals surface area contributed by atoms with E-state index in [-0.39, 0.29) is 24.1 Å². The number of hydrogen-bond donors (Lipinski definition) is 0. The number of carbonyl (C=O) groups is 2. The molecular formula is C29H35ClO4. The van der Waals surface area contributed by atoms with E-state index in [1.165, 1.54) is 18.4 Å². The molecule has 0 spiro atoms. The van der Waals surface area contributed by atoms with Gasteiger partial charge in [0.05, 0.1) is 5.02 Å². The van der Waals surface area contributed by atoms with Gasteiger partial charge >= 0.3 is 5.97 Å². The molecule has 1 aromatic rings. The van der Waals surface area contributed by atoms with Gasteiger partial charge in [-0.15, -0.1) is 12.8 Å². The summed E-state index contributed by atoms with van der Waals surface area (Å²) in [7, 11) is 0. The van der Waals surface area contributed by atoms with Crippen LogP contribution in [0, 0.1) is 41.9 Å². The predicted octanol–water partition coefficient (Wildman–Crippen LogP) is 6.41. The second-order valence-corrected chi connectivity index (χ2v) is 10.6. The monoisotopic (exact) mass is 482 g/mol. The highest BCUT2D eigenvalue weighted by molar-refractivity contribution is 6.32. The van der Waals surface area contributed by atoms with Crippen molar-refractivity contribution in [1.29, 1.82) is 0 Å². The van der Waals surface area contributed by atoms with Crippen LogP contribution in [0.3, 0.4) is 0 Å². The number of allylic oxidation sites excluding steroid dienone is 1. The van der Waals surface area contributed by atoms with Crippen LogP contribution in [-0.2, 0) is 14.3 Å². The maximum atomic E-state index is 12.7. The summed E-state index contributed by atoms with van der Waals surface area (Å²) < 4.78 is 11.7. The Hall–Kier alpha value is -2.25. The largest absolute Gasteiger partial charge is 0.480 e. The van der Waals surface area contributed by atoms with Crippen molar-refractivity contribution in [2.24, 2.45) is 29.1 Å². The van der Waals surface area contributed by atoms with E-state index < -0.39 is 0 Å². The second-order valence-electron chi connectivity index (χ2n) is 10.2. The van der Waals surface area contributed by atoms with Gasteiger partial charge in [0.25, 0.3) is 0 Å². The molecule has 0 bridgehead atoms. The van der Waals surface area contributed by atoms with E-state index in [1.807, 2.05) is 18.2 Å². The van der Waals surface area contributed by atoms with Crippen molar-refractivity contribution in [1.82, 2.24) is 0 Å². The first kappa shape index (κ1) is 24.9. The van der Waals surface area contributed by atoms with Crippen molar-refractivity contribution in [2.75, 3.05) is 6.61 Å². The Morgan fingerprint density at radius 3 is 2.65 bits per heavy atom. The van der Waals surface area contributed by atoms with Gasteiger partial charge in [0.1, 0.15) is 11.9 Å². The summed E-state index contributed by atoms with van der Waals surface area (Å²) in [6.07, 6.45) is 19.4. The summed E-state index contributed by atoms with van der Waals surface area (Å²) in [5, 5.41) is 0.500. The Balaban J connectivity index is 0.00000133. The molecule has 34 heavy (non-hydrogen) atoms. The van der Waals surface area contributed by atoms with Crippen LogP contribution in [0.25, 0.3) is 0 Å². The van der Waals surface area contributed by atoms with E-state index in [0.717, 1.165) is 38.5 Å². The van der Waals surface area contributed by atoms with Crippen molar-refractivity contribution in [3.8, 4) is 18.6 Å². The minimum absolute atomic E-state index is 0.0225. The van der Waals surface area contributed by atoms with Crippen LogP contribution in [0.2, 0.25) is 5.02 Å². The van der Waals surface area contributed by atoms with Crippen molar-refractivity contribution in [3.63, 3.8) is 0 Å². The minimum Gasteiger partial charge on any atom is -0.480 e. The summed E-state index contributed by atoms with van der Waals surface area (Å²) in [6.45, 7) is 2.16. The van der Waals surface area contributed by atoms with Gasteiger partial charge in [-0.25, -0.2) is 4.79 Å². The van der Waals surface area contributed by atoms with Gasteiger partial charge in [-0.3, -0.25) is 4.79 Å². The molecule has 1 aromatic carbocycles. The lowest BCUT2D eigenvalue weighted by Gasteiger charge is -2.54. The predicted molar refractivity (Wildman–Crippen MR) is 133 cm³/mol. The maximum absolute atomic E-state index is 12.7. The minimum atomic E-state index is -0.301. The molecule has 6 unspecified atom stereocenters. The number of para-hydroxylation sites is 1. The SMILES string of the molecule is C#C.CCC12CCC3C4CCC(=O)C=C4CCC3C1CCC2OC(=O)COc1ccccc1Cl. The number of esters is 1. The zero-order valence-electron chi connectivity index (χ0n) is 20.0. The fraction of sp³-hybridized carbons (Fsp3) is 0.586. The molecule has 4 aliphatic rings. The van der Waals surface area contributed by atoms with E-state index >= 15 is 0 Å². The van der Waals surface area contributed by atoms with Crippen LogP contribution in [0.4, 0.5) is 0 Å². The van der Waals surface area contributed by atoms with E-state index in [9.17, 15) is 9.59 Å². The molecule has 0 aliphatic heterocycles. The van der Waals surface area contributed by atoms with Crippen molar-refractivity contribution in [2.45, 2.75) is 70.8 Å². The third-order valence-electron chi connectivity index (χ3n) is 9.05. The molecule has 0 radical (unpaired) electrons. The maximum Gasteiger partial charge on any atom is 0.344 e. The van der Waals surface area contributed by atoms with E-state index in [1.54, 1.807) is 12.1 Å².